The molecule has 0 spiro atoms. The van der Waals surface area contributed by atoms with E-state index in [-0.39, 0.29) is 0 Å². The number of benzene rings is 2. The predicted octanol–water partition coefficient (Wildman–Crippen LogP) is 1.46. The smallest absolute Gasteiger partial charge is 0.331 e. The third kappa shape index (κ3) is 1.85. The van der Waals surface area contributed by atoms with Gasteiger partial charge in [0.2, 0.25) is 0 Å². The normalized spacial score (nSPS) is 16.2. The van der Waals surface area contributed by atoms with Crippen LogP contribution in [0.25, 0.3) is 10.8 Å². The van der Waals surface area contributed by atoms with Crippen LogP contribution < -0.4 is 5.73 Å². The summed E-state index contributed by atoms with van der Waals surface area (Å²) in [6.07, 6.45) is -1.18. The van der Waals surface area contributed by atoms with Crippen molar-refractivity contribution in [3.63, 3.8) is 0 Å². The first-order chi connectivity index (χ1) is 8.46. The van der Waals surface area contributed by atoms with Gasteiger partial charge in [0.15, 0.2) is 5.54 Å². The van der Waals surface area contributed by atoms with Crippen molar-refractivity contribution in [2.45, 2.75) is 18.6 Å². The molecule has 4 N–H and O–H groups in total. The van der Waals surface area contributed by atoms with Crippen molar-refractivity contribution in [3.05, 3.63) is 48.0 Å². The fourth-order valence-corrected chi connectivity index (χ4v) is 1.99. The predicted molar refractivity (Wildman–Crippen MR) is 69.1 cm³/mol. The summed E-state index contributed by atoms with van der Waals surface area (Å²) in [5.74, 6) is -1.24. The van der Waals surface area contributed by atoms with Gasteiger partial charge < -0.3 is 15.9 Å². The minimum absolute atomic E-state index is 0.392. The lowest BCUT2D eigenvalue weighted by atomic mass is 9.85. The summed E-state index contributed by atoms with van der Waals surface area (Å²) in [7, 11) is 0. The Balaban J connectivity index is 2.62. The average molecular weight is 245 g/mol. The number of nitrogens with two attached hydrogens (primary N) is 1. The third-order valence-electron chi connectivity index (χ3n) is 3.24. The molecule has 2 unspecified atom stereocenters. The van der Waals surface area contributed by atoms with Gasteiger partial charge in [-0.3, -0.25) is 0 Å². The van der Waals surface area contributed by atoms with E-state index in [1.807, 2.05) is 24.3 Å². The van der Waals surface area contributed by atoms with Crippen LogP contribution >= 0.6 is 0 Å². The Labute approximate surface area is 105 Å². The maximum absolute atomic E-state index is 11.3. The lowest BCUT2D eigenvalue weighted by Gasteiger charge is -2.28. The molecule has 0 saturated carbocycles. The number of rotatable bonds is 3. The van der Waals surface area contributed by atoms with Crippen LogP contribution in [-0.2, 0) is 10.3 Å². The van der Waals surface area contributed by atoms with E-state index >= 15 is 0 Å². The summed E-state index contributed by atoms with van der Waals surface area (Å²) in [6.45, 7) is 1.38. The third-order valence-corrected chi connectivity index (χ3v) is 3.24. The molecule has 2 atom stereocenters. The molecule has 0 radical (unpaired) electrons. The second-order valence-corrected chi connectivity index (χ2v) is 4.41. The van der Waals surface area contributed by atoms with Crippen molar-refractivity contribution in [1.82, 2.24) is 0 Å². The minimum Gasteiger partial charge on any atom is -0.480 e. The molecule has 0 amide bonds. The molecule has 0 heterocycles. The van der Waals surface area contributed by atoms with E-state index in [2.05, 4.69) is 0 Å². The summed E-state index contributed by atoms with van der Waals surface area (Å²) >= 11 is 0. The zero-order valence-corrected chi connectivity index (χ0v) is 10.00. The molecule has 2 aromatic carbocycles. The first-order valence-corrected chi connectivity index (χ1v) is 5.66. The Morgan fingerprint density at radius 1 is 1.22 bits per heavy atom. The van der Waals surface area contributed by atoms with Crippen LogP contribution in [-0.4, -0.2) is 22.3 Å². The summed E-state index contributed by atoms with van der Waals surface area (Å²) in [5, 5.41) is 20.8. The van der Waals surface area contributed by atoms with Gasteiger partial charge in [0.25, 0.3) is 0 Å². The molecule has 4 heteroatoms. The highest BCUT2D eigenvalue weighted by atomic mass is 16.4. The number of carboxylic acids is 1. The molecule has 2 aromatic rings. The highest BCUT2D eigenvalue weighted by molar-refractivity contribution is 5.87. The molecular weight excluding hydrogens is 230 g/mol. The van der Waals surface area contributed by atoms with E-state index in [1.165, 1.54) is 6.92 Å². The van der Waals surface area contributed by atoms with Crippen molar-refractivity contribution in [3.8, 4) is 0 Å². The van der Waals surface area contributed by atoms with Crippen LogP contribution in [0.1, 0.15) is 12.5 Å². The highest BCUT2D eigenvalue weighted by Gasteiger charge is 2.41. The molecule has 2 rings (SSSR count). The molecule has 0 fully saturated rings. The molecule has 0 aliphatic rings. The monoisotopic (exact) mass is 245 g/mol. The zero-order valence-electron chi connectivity index (χ0n) is 10.00. The number of carbonyl (C=O) groups is 1. The first kappa shape index (κ1) is 12.5. The van der Waals surface area contributed by atoms with Gasteiger partial charge in [-0.15, -0.1) is 0 Å². The van der Waals surface area contributed by atoms with Crippen LogP contribution in [0.15, 0.2) is 42.5 Å². The Morgan fingerprint density at radius 3 is 2.39 bits per heavy atom. The van der Waals surface area contributed by atoms with E-state index in [9.17, 15) is 15.0 Å². The number of aliphatic hydroxyl groups is 1. The summed E-state index contributed by atoms with van der Waals surface area (Å²) < 4.78 is 0. The molecule has 0 aliphatic carbocycles. The molecule has 94 valence electrons. The van der Waals surface area contributed by atoms with E-state index in [1.54, 1.807) is 18.2 Å². The summed E-state index contributed by atoms with van der Waals surface area (Å²) in [4.78, 5) is 11.3. The second-order valence-electron chi connectivity index (χ2n) is 4.41. The molecule has 0 bridgehead atoms. The van der Waals surface area contributed by atoms with Gasteiger partial charge in [0.1, 0.15) is 0 Å². The number of fused-ring (bicyclic) bond motifs is 1. The van der Waals surface area contributed by atoms with Crippen molar-refractivity contribution in [2.24, 2.45) is 5.73 Å². The zero-order chi connectivity index (χ0) is 13.3. The van der Waals surface area contributed by atoms with Gasteiger partial charge >= 0.3 is 5.97 Å². The number of aliphatic carboxylic acids is 1. The fraction of sp³-hybridized carbons (Fsp3) is 0.214. The van der Waals surface area contributed by atoms with Crippen LogP contribution in [0.4, 0.5) is 0 Å². The lowest BCUT2D eigenvalue weighted by Crippen LogP contribution is -2.53. The number of hydrogen-bond acceptors (Lipinski definition) is 3. The van der Waals surface area contributed by atoms with Crippen LogP contribution in [0.3, 0.4) is 0 Å². The molecular formula is C14H15NO3. The van der Waals surface area contributed by atoms with Crippen molar-refractivity contribution in [1.29, 1.82) is 0 Å². The Bertz CT molecular complexity index is 594. The van der Waals surface area contributed by atoms with E-state index in [0.29, 0.717) is 5.56 Å². The molecule has 0 saturated heterocycles. The van der Waals surface area contributed by atoms with Crippen LogP contribution in [0.2, 0.25) is 0 Å². The largest absolute Gasteiger partial charge is 0.480 e. The van der Waals surface area contributed by atoms with Gasteiger partial charge in [0.05, 0.1) is 6.10 Å². The van der Waals surface area contributed by atoms with Gasteiger partial charge in [-0.2, -0.15) is 0 Å². The van der Waals surface area contributed by atoms with Gasteiger partial charge in [-0.1, -0.05) is 36.4 Å². The summed E-state index contributed by atoms with van der Waals surface area (Å²) in [6, 6.07) is 12.7. The van der Waals surface area contributed by atoms with E-state index < -0.39 is 17.6 Å². The fourth-order valence-electron chi connectivity index (χ4n) is 1.99. The quantitative estimate of drug-likeness (QED) is 0.764. The SMILES string of the molecule is CC(O)C(N)(C(=O)O)c1ccc2ccccc2c1. The maximum Gasteiger partial charge on any atom is 0.331 e. The molecule has 18 heavy (non-hydrogen) atoms. The van der Waals surface area contributed by atoms with Crippen molar-refractivity contribution < 1.29 is 15.0 Å². The standard InChI is InChI=1S/C14H15NO3/c1-9(16)14(15,13(17)18)12-7-6-10-4-2-3-5-11(10)8-12/h2-9,16H,15H2,1H3,(H,17,18). The van der Waals surface area contributed by atoms with Crippen LogP contribution in [0, 0.1) is 0 Å². The molecule has 0 aromatic heterocycles. The van der Waals surface area contributed by atoms with Gasteiger partial charge in [-0.05, 0) is 29.3 Å². The first-order valence-electron chi connectivity index (χ1n) is 5.66. The topological polar surface area (TPSA) is 83.5 Å². The number of carboxylic acid groups (broad SMARTS) is 1. The Morgan fingerprint density at radius 2 is 1.83 bits per heavy atom. The second kappa shape index (κ2) is 4.40. The maximum atomic E-state index is 11.3. The highest BCUT2D eigenvalue weighted by Crippen LogP contribution is 2.26. The van der Waals surface area contributed by atoms with Gasteiger partial charge in [-0.25, -0.2) is 4.79 Å². The minimum atomic E-state index is -1.79. The Hall–Kier alpha value is -1.91. The number of aliphatic hydroxyl groups excluding tert-OH is 1. The van der Waals surface area contributed by atoms with E-state index in [4.69, 9.17) is 5.73 Å². The number of hydrogen-bond donors (Lipinski definition) is 3. The molecule has 4 nitrogen and oxygen atoms in total. The summed E-state index contributed by atoms with van der Waals surface area (Å²) in [5.41, 5.74) is 4.45. The van der Waals surface area contributed by atoms with E-state index in [0.717, 1.165) is 10.8 Å². The Kier molecular flexibility index (Phi) is 3.07. The molecule has 0 aliphatic heterocycles. The lowest BCUT2D eigenvalue weighted by molar-refractivity contribution is -0.148. The van der Waals surface area contributed by atoms with Crippen molar-refractivity contribution >= 4 is 16.7 Å². The van der Waals surface area contributed by atoms with Crippen molar-refractivity contribution in [2.75, 3.05) is 0 Å². The average Bonchev–Trinajstić information content (AvgIpc) is 2.36. The van der Waals surface area contributed by atoms with Gasteiger partial charge in [0, 0.05) is 0 Å². The van der Waals surface area contributed by atoms with Crippen LogP contribution in [0.5, 0.6) is 0 Å².